The number of hydrogen-bond acceptors (Lipinski definition) is 7. The van der Waals surface area contributed by atoms with Crippen LogP contribution in [0.4, 0.5) is 30.5 Å². The first-order chi connectivity index (χ1) is 12.5. The lowest BCUT2D eigenvalue weighted by molar-refractivity contribution is -0.0504. The topological polar surface area (TPSA) is 84.8 Å². The van der Waals surface area contributed by atoms with Gasteiger partial charge in [0.2, 0.25) is 5.90 Å². The van der Waals surface area contributed by atoms with Gasteiger partial charge in [0.15, 0.2) is 5.82 Å². The molecule has 2 aromatic heterocycles. The molecule has 3 rings (SSSR count). The molecule has 0 spiro atoms. The molecule has 0 radical (unpaired) electrons. The van der Waals surface area contributed by atoms with E-state index >= 15 is 0 Å². The fraction of sp³-hybridized carbons (Fsp3) is 0.312. The van der Waals surface area contributed by atoms with E-state index in [1.807, 2.05) is 0 Å². The third-order valence-corrected chi connectivity index (χ3v) is 4.77. The van der Waals surface area contributed by atoms with Gasteiger partial charge in [-0.1, -0.05) is 0 Å². The standard InChI is InChI=1S/C16H15F3N4O3S/c1-4-23-13-11(6-5-7-20-13)15(26-27(24,25)16(17,18)19)22-12-9(2)8-10(3)21-14(12)23/h5-8H,4H2,1-3H3. The van der Waals surface area contributed by atoms with Gasteiger partial charge in [-0.15, -0.1) is 0 Å². The minimum absolute atomic E-state index is 0.0160. The number of aryl methyl sites for hydroxylation is 2. The van der Waals surface area contributed by atoms with Crippen molar-refractivity contribution in [3.63, 3.8) is 0 Å². The zero-order valence-electron chi connectivity index (χ0n) is 14.6. The fourth-order valence-electron chi connectivity index (χ4n) is 2.69. The van der Waals surface area contributed by atoms with E-state index in [0.29, 0.717) is 23.6 Å². The molecule has 27 heavy (non-hydrogen) atoms. The largest absolute Gasteiger partial charge is 0.534 e. The lowest BCUT2D eigenvalue weighted by Crippen LogP contribution is -2.29. The quantitative estimate of drug-likeness (QED) is 0.567. The molecule has 0 amide bonds. The normalized spacial score (nSPS) is 14.1. The van der Waals surface area contributed by atoms with Crippen molar-refractivity contribution in [2.45, 2.75) is 26.3 Å². The smallest absolute Gasteiger partial charge is 0.354 e. The fourth-order valence-corrected chi connectivity index (χ4v) is 3.12. The predicted octanol–water partition coefficient (Wildman–Crippen LogP) is 3.51. The van der Waals surface area contributed by atoms with Crippen molar-refractivity contribution in [2.75, 3.05) is 11.4 Å². The van der Waals surface area contributed by atoms with Gasteiger partial charge in [-0.05, 0) is 44.5 Å². The van der Waals surface area contributed by atoms with E-state index in [9.17, 15) is 21.6 Å². The molecule has 0 unspecified atom stereocenters. The van der Waals surface area contributed by atoms with E-state index in [1.165, 1.54) is 18.3 Å². The Morgan fingerprint density at radius 1 is 1.22 bits per heavy atom. The van der Waals surface area contributed by atoms with Gasteiger partial charge in [-0.25, -0.2) is 15.0 Å². The second-order valence-corrected chi connectivity index (χ2v) is 7.31. The van der Waals surface area contributed by atoms with Gasteiger partial charge in [0.1, 0.15) is 11.5 Å². The summed E-state index contributed by atoms with van der Waals surface area (Å²) in [5.74, 6) is -0.147. The van der Waals surface area contributed by atoms with Gasteiger partial charge in [0, 0.05) is 18.4 Å². The monoisotopic (exact) mass is 400 g/mol. The highest BCUT2D eigenvalue weighted by atomic mass is 32.2. The molecule has 144 valence electrons. The van der Waals surface area contributed by atoms with Gasteiger partial charge in [-0.3, -0.25) is 0 Å². The lowest BCUT2D eigenvalue weighted by Gasteiger charge is -2.23. The summed E-state index contributed by atoms with van der Waals surface area (Å²) in [6.45, 7) is 5.65. The number of aliphatic imine (C=N–C) groups is 1. The molecular weight excluding hydrogens is 385 g/mol. The summed E-state index contributed by atoms with van der Waals surface area (Å²) in [4.78, 5) is 14.3. The second kappa shape index (κ2) is 6.48. The zero-order chi connectivity index (χ0) is 20.0. The van der Waals surface area contributed by atoms with Crippen LogP contribution in [0.5, 0.6) is 0 Å². The van der Waals surface area contributed by atoms with Crippen LogP contribution in [0.3, 0.4) is 0 Å². The Labute approximate surface area is 153 Å². The van der Waals surface area contributed by atoms with Crippen LogP contribution >= 0.6 is 0 Å². The van der Waals surface area contributed by atoms with E-state index in [0.717, 1.165) is 0 Å². The van der Waals surface area contributed by atoms with Gasteiger partial charge in [0.05, 0.1) is 5.56 Å². The predicted molar refractivity (Wildman–Crippen MR) is 92.9 cm³/mol. The summed E-state index contributed by atoms with van der Waals surface area (Å²) < 4.78 is 66.0. The number of anilines is 2. The molecule has 7 nitrogen and oxygen atoms in total. The molecule has 3 heterocycles. The molecule has 0 bridgehead atoms. The van der Waals surface area contributed by atoms with E-state index in [2.05, 4.69) is 19.1 Å². The highest BCUT2D eigenvalue weighted by molar-refractivity contribution is 7.88. The average Bonchev–Trinajstić information content (AvgIpc) is 2.68. The number of rotatable bonds is 2. The Hall–Kier alpha value is -2.69. The Bertz CT molecular complexity index is 1040. The zero-order valence-corrected chi connectivity index (χ0v) is 15.4. The van der Waals surface area contributed by atoms with Crippen LogP contribution in [0.25, 0.3) is 0 Å². The number of fused-ring (bicyclic) bond motifs is 2. The minimum atomic E-state index is -5.90. The molecule has 11 heteroatoms. The minimum Gasteiger partial charge on any atom is -0.354 e. The Morgan fingerprint density at radius 2 is 1.93 bits per heavy atom. The summed E-state index contributed by atoms with van der Waals surface area (Å²) >= 11 is 0. The molecule has 2 aromatic rings. The first-order valence-corrected chi connectivity index (χ1v) is 9.26. The maximum Gasteiger partial charge on any atom is 0.534 e. The average molecular weight is 400 g/mol. The van der Waals surface area contributed by atoms with Crippen molar-refractivity contribution in [1.82, 2.24) is 9.97 Å². The van der Waals surface area contributed by atoms with Gasteiger partial charge in [0.25, 0.3) is 0 Å². The summed E-state index contributed by atoms with van der Waals surface area (Å²) in [6.07, 6.45) is 1.44. The summed E-state index contributed by atoms with van der Waals surface area (Å²) in [5.41, 5.74) is -4.08. The molecule has 0 fully saturated rings. The van der Waals surface area contributed by atoms with Gasteiger partial charge in [-0.2, -0.15) is 21.6 Å². The molecule has 0 aromatic carbocycles. The van der Waals surface area contributed by atoms with Gasteiger partial charge < -0.3 is 9.08 Å². The Morgan fingerprint density at radius 3 is 2.56 bits per heavy atom. The van der Waals surface area contributed by atoms with Crippen molar-refractivity contribution in [3.8, 4) is 0 Å². The molecule has 0 saturated heterocycles. The van der Waals surface area contributed by atoms with Crippen molar-refractivity contribution in [2.24, 2.45) is 4.99 Å². The maximum absolute atomic E-state index is 12.8. The number of hydrogen-bond donors (Lipinski definition) is 0. The van der Waals surface area contributed by atoms with E-state index in [4.69, 9.17) is 0 Å². The van der Waals surface area contributed by atoms with Crippen LogP contribution in [0.2, 0.25) is 0 Å². The third-order valence-electron chi connectivity index (χ3n) is 3.82. The van der Waals surface area contributed by atoms with E-state index in [-0.39, 0.29) is 17.1 Å². The van der Waals surface area contributed by atoms with Crippen LogP contribution in [-0.4, -0.2) is 36.3 Å². The SMILES string of the molecule is CCN1c2ncccc2C(OS(=O)(=O)C(F)(F)F)=Nc2c(C)cc(C)nc21. The Balaban J connectivity index is 2.30. The summed E-state index contributed by atoms with van der Waals surface area (Å²) in [5, 5.41) is 0. The third kappa shape index (κ3) is 3.34. The van der Waals surface area contributed by atoms with Crippen LogP contribution < -0.4 is 4.90 Å². The number of halogens is 3. The molecular formula is C16H15F3N4O3S. The summed E-state index contributed by atoms with van der Waals surface area (Å²) in [6, 6.07) is 4.53. The number of alkyl halides is 3. The number of aromatic nitrogens is 2. The molecule has 0 atom stereocenters. The van der Waals surface area contributed by atoms with Crippen LogP contribution in [0, 0.1) is 13.8 Å². The van der Waals surface area contributed by atoms with Crippen LogP contribution in [0.1, 0.15) is 23.7 Å². The first-order valence-electron chi connectivity index (χ1n) is 7.85. The molecule has 0 saturated carbocycles. The van der Waals surface area contributed by atoms with Crippen LogP contribution in [-0.2, 0) is 14.3 Å². The number of nitrogens with zero attached hydrogens (tertiary/aromatic N) is 4. The second-order valence-electron chi connectivity index (χ2n) is 5.77. The van der Waals surface area contributed by atoms with Crippen molar-refractivity contribution in [1.29, 1.82) is 0 Å². The van der Waals surface area contributed by atoms with Crippen molar-refractivity contribution >= 4 is 33.3 Å². The summed E-state index contributed by atoms with van der Waals surface area (Å²) in [7, 11) is -5.90. The van der Waals surface area contributed by atoms with E-state index in [1.54, 1.807) is 31.7 Å². The molecule has 0 aliphatic carbocycles. The highest BCUT2D eigenvalue weighted by Crippen LogP contribution is 2.40. The van der Waals surface area contributed by atoms with Gasteiger partial charge >= 0.3 is 15.6 Å². The van der Waals surface area contributed by atoms with E-state index < -0.39 is 21.5 Å². The Kier molecular flexibility index (Phi) is 4.58. The van der Waals surface area contributed by atoms with Crippen molar-refractivity contribution in [3.05, 3.63) is 41.2 Å². The highest BCUT2D eigenvalue weighted by Gasteiger charge is 2.49. The number of pyridine rings is 2. The van der Waals surface area contributed by atoms with Crippen molar-refractivity contribution < 1.29 is 25.8 Å². The first kappa shape index (κ1) is 19.1. The molecule has 1 aliphatic rings. The maximum atomic E-state index is 12.8. The molecule has 0 N–H and O–H groups in total. The lowest BCUT2D eigenvalue weighted by atomic mass is 10.2. The van der Waals surface area contributed by atoms with Crippen LogP contribution in [0.15, 0.2) is 29.4 Å². The molecule has 1 aliphatic heterocycles.